The molecule has 0 radical (unpaired) electrons. The summed E-state index contributed by atoms with van der Waals surface area (Å²) in [6, 6.07) is 10.6. The lowest BCUT2D eigenvalue weighted by Crippen LogP contribution is -2.32. The van der Waals surface area contributed by atoms with Crippen molar-refractivity contribution in [2.24, 2.45) is 0 Å². The third-order valence-corrected chi connectivity index (χ3v) is 3.44. The van der Waals surface area contributed by atoms with E-state index in [-0.39, 0.29) is 11.5 Å². The number of hydrogen-bond donors (Lipinski definition) is 1. The third kappa shape index (κ3) is 2.75. The molecule has 104 valence electrons. The molecule has 0 unspecified atom stereocenters. The molecule has 1 N–H and O–H groups in total. The van der Waals surface area contributed by atoms with Gasteiger partial charge in [-0.15, -0.1) is 0 Å². The SMILES string of the molecule is CCc1[nH]c(=O)c(C(=O)N(C)c2ccccc2)cc1Cl. The van der Waals surface area contributed by atoms with Gasteiger partial charge in [0.05, 0.1) is 5.02 Å². The number of aromatic nitrogens is 1. The second-order valence-electron chi connectivity index (χ2n) is 4.39. The van der Waals surface area contributed by atoms with Crippen LogP contribution in [-0.4, -0.2) is 17.9 Å². The van der Waals surface area contributed by atoms with E-state index >= 15 is 0 Å². The first-order chi connectivity index (χ1) is 9.54. The molecule has 0 saturated heterocycles. The van der Waals surface area contributed by atoms with Crippen LogP contribution in [0.5, 0.6) is 0 Å². The zero-order valence-electron chi connectivity index (χ0n) is 11.3. The Hall–Kier alpha value is -2.07. The van der Waals surface area contributed by atoms with Crippen molar-refractivity contribution in [3.8, 4) is 0 Å². The van der Waals surface area contributed by atoms with Crippen LogP contribution < -0.4 is 10.5 Å². The first kappa shape index (κ1) is 14.3. The number of amides is 1. The maximum absolute atomic E-state index is 12.4. The molecule has 0 aliphatic carbocycles. The van der Waals surface area contributed by atoms with E-state index in [4.69, 9.17) is 11.6 Å². The number of hydrogen-bond acceptors (Lipinski definition) is 2. The van der Waals surface area contributed by atoms with Gasteiger partial charge in [-0.3, -0.25) is 9.59 Å². The van der Waals surface area contributed by atoms with Gasteiger partial charge in [-0.2, -0.15) is 0 Å². The van der Waals surface area contributed by atoms with Crippen LogP contribution in [-0.2, 0) is 6.42 Å². The highest BCUT2D eigenvalue weighted by Gasteiger charge is 2.18. The fourth-order valence-electron chi connectivity index (χ4n) is 1.91. The summed E-state index contributed by atoms with van der Waals surface area (Å²) in [6.45, 7) is 1.88. The van der Waals surface area contributed by atoms with Gasteiger partial charge in [0.1, 0.15) is 5.56 Å². The van der Waals surface area contributed by atoms with Crippen molar-refractivity contribution in [3.05, 3.63) is 63.0 Å². The Morgan fingerprint density at radius 3 is 2.55 bits per heavy atom. The van der Waals surface area contributed by atoms with E-state index in [1.807, 2.05) is 25.1 Å². The van der Waals surface area contributed by atoms with E-state index in [0.29, 0.717) is 22.8 Å². The lowest BCUT2D eigenvalue weighted by Gasteiger charge is -2.17. The zero-order chi connectivity index (χ0) is 14.7. The van der Waals surface area contributed by atoms with Crippen molar-refractivity contribution in [2.75, 3.05) is 11.9 Å². The maximum atomic E-state index is 12.4. The maximum Gasteiger partial charge on any atom is 0.263 e. The summed E-state index contributed by atoms with van der Waals surface area (Å²) in [7, 11) is 1.62. The van der Waals surface area contributed by atoms with E-state index in [9.17, 15) is 9.59 Å². The van der Waals surface area contributed by atoms with Gasteiger partial charge in [0, 0.05) is 18.4 Å². The van der Waals surface area contributed by atoms with Gasteiger partial charge in [0.25, 0.3) is 11.5 Å². The first-order valence-electron chi connectivity index (χ1n) is 6.29. The second kappa shape index (κ2) is 5.92. The summed E-state index contributed by atoms with van der Waals surface area (Å²) < 4.78 is 0. The van der Waals surface area contributed by atoms with Crippen molar-refractivity contribution < 1.29 is 4.79 Å². The number of anilines is 1. The molecule has 0 bridgehead atoms. The molecule has 20 heavy (non-hydrogen) atoms. The summed E-state index contributed by atoms with van der Waals surface area (Å²) in [5, 5.41) is 0.400. The Labute approximate surface area is 122 Å². The van der Waals surface area contributed by atoms with Crippen molar-refractivity contribution >= 4 is 23.2 Å². The monoisotopic (exact) mass is 290 g/mol. The number of aryl methyl sites for hydroxylation is 1. The molecule has 1 amide bonds. The van der Waals surface area contributed by atoms with Crippen molar-refractivity contribution in [3.63, 3.8) is 0 Å². The Morgan fingerprint density at radius 2 is 1.95 bits per heavy atom. The summed E-state index contributed by atoms with van der Waals surface area (Å²) in [4.78, 5) is 28.4. The van der Waals surface area contributed by atoms with Gasteiger partial charge in [0.2, 0.25) is 0 Å². The quantitative estimate of drug-likeness (QED) is 0.945. The average molecular weight is 291 g/mol. The van der Waals surface area contributed by atoms with Crippen LogP contribution in [0.15, 0.2) is 41.2 Å². The number of halogens is 1. The first-order valence-corrected chi connectivity index (χ1v) is 6.67. The average Bonchev–Trinajstić information content (AvgIpc) is 2.48. The number of carbonyl (C=O) groups is 1. The minimum atomic E-state index is -0.418. The number of benzene rings is 1. The van der Waals surface area contributed by atoms with Gasteiger partial charge >= 0.3 is 0 Å². The third-order valence-electron chi connectivity index (χ3n) is 3.10. The Morgan fingerprint density at radius 1 is 1.30 bits per heavy atom. The highest BCUT2D eigenvalue weighted by Crippen LogP contribution is 2.17. The number of H-pyrrole nitrogens is 1. The molecule has 0 aliphatic rings. The number of carbonyl (C=O) groups excluding carboxylic acids is 1. The summed E-state index contributed by atoms with van der Waals surface area (Å²) >= 11 is 6.06. The molecule has 2 rings (SSSR count). The number of para-hydroxylation sites is 1. The molecule has 0 atom stereocenters. The predicted molar refractivity (Wildman–Crippen MR) is 80.6 cm³/mol. The standard InChI is InChI=1S/C15H15ClN2O2/c1-3-13-12(16)9-11(14(19)17-13)15(20)18(2)10-7-5-4-6-8-10/h4-9H,3H2,1-2H3,(H,17,19). The van der Waals surface area contributed by atoms with Crippen LogP contribution in [0.25, 0.3) is 0 Å². The molecule has 1 aromatic carbocycles. The van der Waals surface area contributed by atoms with E-state index < -0.39 is 5.56 Å². The highest BCUT2D eigenvalue weighted by atomic mass is 35.5. The molecule has 1 aromatic heterocycles. The van der Waals surface area contributed by atoms with Gasteiger partial charge in [0.15, 0.2) is 0 Å². The number of pyridine rings is 1. The van der Waals surface area contributed by atoms with Crippen molar-refractivity contribution in [1.82, 2.24) is 4.98 Å². The van der Waals surface area contributed by atoms with E-state index in [0.717, 1.165) is 0 Å². The molecular weight excluding hydrogens is 276 g/mol. The van der Waals surface area contributed by atoms with Crippen LogP contribution >= 0.6 is 11.6 Å². The van der Waals surface area contributed by atoms with E-state index in [1.165, 1.54) is 11.0 Å². The predicted octanol–water partition coefficient (Wildman–Crippen LogP) is 2.87. The Balaban J connectivity index is 2.39. The molecule has 2 aromatic rings. The van der Waals surface area contributed by atoms with Crippen LogP contribution in [0.3, 0.4) is 0 Å². The van der Waals surface area contributed by atoms with Crippen LogP contribution in [0.1, 0.15) is 23.0 Å². The van der Waals surface area contributed by atoms with Gasteiger partial charge in [-0.25, -0.2) is 0 Å². The van der Waals surface area contributed by atoms with Crippen LogP contribution in [0, 0.1) is 0 Å². The Bertz CT molecular complexity index is 680. The number of rotatable bonds is 3. The van der Waals surface area contributed by atoms with Crippen LogP contribution in [0.2, 0.25) is 5.02 Å². The number of nitrogens with zero attached hydrogens (tertiary/aromatic N) is 1. The highest BCUT2D eigenvalue weighted by molar-refractivity contribution is 6.31. The van der Waals surface area contributed by atoms with Gasteiger partial charge < -0.3 is 9.88 Å². The Kier molecular flexibility index (Phi) is 4.25. The second-order valence-corrected chi connectivity index (χ2v) is 4.80. The number of aromatic amines is 1. The number of nitrogens with one attached hydrogen (secondary N) is 1. The van der Waals surface area contributed by atoms with E-state index in [2.05, 4.69) is 4.98 Å². The summed E-state index contributed by atoms with van der Waals surface area (Å²) in [5.41, 5.74) is 0.973. The lowest BCUT2D eigenvalue weighted by atomic mass is 10.2. The topological polar surface area (TPSA) is 53.2 Å². The largest absolute Gasteiger partial charge is 0.324 e. The molecule has 4 nitrogen and oxygen atoms in total. The van der Waals surface area contributed by atoms with Gasteiger partial charge in [-0.05, 0) is 24.6 Å². The fraction of sp³-hybridized carbons (Fsp3) is 0.200. The van der Waals surface area contributed by atoms with Gasteiger partial charge in [-0.1, -0.05) is 36.7 Å². The summed E-state index contributed by atoms with van der Waals surface area (Å²) in [5.74, 6) is -0.387. The minimum absolute atomic E-state index is 0.0403. The minimum Gasteiger partial charge on any atom is -0.324 e. The zero-order valence-corrected chi connectivity index (χ0v) is 12.1. The molecule has 1 heterocycles. The summed E-state index contributed by atoms with van der Waals surface area (Å²) in [6.07, 6.45) is 0.608. The molecule has 0 fully saturated rings. The molecule has 0 spiro atoms. The van der Waals surface area contributed by atoms with Crippen LogP contribution in [0.4, 0.5) is 5.69 Å². The van der Waals surface area contributed by atoms with E-state index in [1.54, 1.807) is 19.2 Å². The molecule has 5 heteroatoms. The van der Waals surface area contributed by atoms with Crippen molar-refractivity contribution in [1.29, 1.82) is 0 Å². The normalized spacial score (nSPS) is 10.3. The lowest BCUT2D eigenvalue weighted by molar-refractivity contribution is 0.0991. The molecule has 0 aliphatic heterocycles. The molecule has 0 saturated carbocycles. The van der Waals surface area contributed by atoms with Crippen molar-refractivity contribution in [2.45, 2.75) is 13.3 Å². The fourth-order valence-corrected chi connectivity index (χ4v) is 2.20. The molecular formula is C15H15ClN2O2. The smallest absolute Gasteiger partial charge is 0.263 e.